The molecule has 0 saturated carbocycles. The maximum atomic E-state index is 12.8. The van der Waals surface area contributed by atoms with E-state index in [-0.39, 0.29) is 11.0 Å². The lowest BCUT2D eigenvalue weighted by Crippen LogP contribution is -2.24. The molecule has 4 aromatic rings. The average Bonchev–Trinajstić information content (AvgIpc) is 2.70. The number of hydrogen-bond acceptors (Lipinski definition) is 5. The van der Waals surface area contributed by atoms with Gasteiger partial charge in [-0.15, -0.1) is 0 Å². The van der Waals surface area contributed by atoms with E-state index in [1.165, 1.54) is 6.20 Å². The Morgan fingerprint density at radius 1 is 0.923 bits per heavy atom. The van der Waals surface area contributed by atoms with Crippen molar-refractivity contribution < 1.29 is 4.79 Å². The van der Waals surface area contributed by atoms with Crippen LogP contribution in [-0.4, -0.2) is 25.4 Å². The number of carbonyl (C=O) groups excluding carboxylic acids is 1. The van der Waals surface area contributed by atoms with Crippen molar-refractivity contribution in [3.8, 4) is 5.82 Å². The van der Waals surface area contributed by atoms with Gasteiger partial charge in [-0.05, 0) is 36.4 Å². The van der Waals surface area contributed by atoms with Gasteiger partial charge < -0.3 is 5.32 Å². The van der Waals surface area contributed by atoms with Crippen molar-refractivity contribution in [3.05, 3.63) is 89.2 Å². The van der Waals surface area contributed by atoms with Crippen LogP contribution in [0.5, 0.6) is 0 Å². The van der Waals surface area contributed by atoms with Gasteiger partial charge in [-0.3, -0.25) is 19.1 Å². The van der Waals surface area contributed by atoms with Gasteiger partial charge in [-0.1, -0.05) is 6.07 Å². The number of nitrogens with zero attached hydrogens (tertiary/aromatic N) is 4. The molecule has 4 heterocycles. The van der Waals surface area contributed by atoms with Gasteiger partial charge >= 0.3 is 0 Å². The minimum absolute atomic E-state index is 0.00738. The summed E-state index contributed by atoms with van der Waals surface area (Å²) in [6.07, 6.45) is 7.82. The van der Waals surface area contributed by atoms with E-state index in [0.29, 0.717) is 22.5 Å². The zero-order valence-electron chi connectivity index (χ0n) is 13.5. The fraction of sp³-hybridized carbons (Fsp3) is 0. The number of pyridine rings is 4. The number of aromatic nitrogens is 4. The lowest BCUT2D eigenvalue weighted by Gasteiger charge is -2.12. The average molecular weight is 343 g/mol. The summed E-state index contributed by atoms with van der Waals surface area (Å²) in [5, 5.41) is 3.06. The second-order valence-corrected chi connectivity index (χ2v) is 5.49. The van der Waals surface area contributed by atoms with Gasteiger partial charge in [0.1, 0.15) is 17.0 Å². The highest BCUT2D eigenvalue weighted by atomic mass is 16.2. The van der Waals surface area contributed by atoms with Crippen molar-refractivity contribution in [3.63, 3.8) is 0 Å². The first-order chi connectivity index (χ1) is 12.7. The molecule has 126 valence electrons. The molecular weight excluding hydrogens is 330 g/mol. The van der Waals surface area contributed by atoms with Crippen molar-refractivity contribution in [1.82, 2.24) is 19.5 Å². The van der Waals surface area contributed by atoms with Crippen LogP contribution in [0.4, 0.5) is 5.69 Å². The van der Waals surface area contributed by atoms with Crippen LogP contribution in [0.25, 0.3) is 16.9 Å². The zero-order chi connectivity index (χ0) is 17.9. The highest BCUT2D eigenvalue weighted by Gasteiger charge is 2.17. The lowest BCUT2D eigenvalue weighted by atomic mass is 10.1. The molecule has 1 amide bonds. The molecule has 0 aliphatic rings. The number of fused-ring (bicyclic) bond motifs is 1. The quantitative estimate of drug-likeness (QED) is 0.617. The van der Waals surface area contributed by atoms with E-state index in [1.807, 2.05) is 6.07 Å². The topological polar surface area (TPSA) is 89.8 Å². The molecule has 7 nitrogen and oxygen atoms in total. The van der Waals surface area contributed by atoms with Crippen molar-refractivity contribution in [1.29, 1.82) is 0 Å². The maximum Gasteiger partial charge on any atom is 0.261 e. The largest absolute Gasteiger partial charge is 0.322 e. The van der Waals surface area contributed by atoms with Crippen LogP contribution in [-0.2, 0) is 0 Å². The molecule has 0 aliphatic carbocycles. The molecule has 0 spiro atoms. The minimum Gasteiger partial charge on any atom is -0.322 e. The van der Waals surface area contributed by atoms with Crippen LogP contribution in [0, 0.1) is 0 Å². The Hall–Kier alpha value is -3.87. The van der Waals surface area contributed by atoms with E-state index in [0.717, 1.165) is 0 Å². The third-order valence-corrected chi connectivity index (χ3v) is 3.84. The molecule has 7 heteroatoms. The zero-order valence-corrected chi connectivity index (χ0v) is 13.5. The fourth-order valence-electron chi connectivity index (χ4n) is 2.63. The smallest absolute Gasteiger partial charge is 0.261 e. The van der Waals surface area contributed by atoms with Gasteiger partial charge in [-0.25, -0.2) is 9.97 Å². The van der Waals surface area contributed by atoms with Crippen LogP contribution in [0.3, 0.4) is 0 Å². The number of carbonyl (C=O) groups is 1. The predicted molar refractivity (Wildman–Crippen MR) is 97.3 cm³/mol. The molecule has 0 aromatic carbocycles. The van der Waals surface area contributed by atoms with E-state index in [1.54, 1.807) is 65.8 Å². The van der Waals surface area contributed by atoms with E-state index in [4.69, 9.17) is 0 Å². The summed E-state index contributed by atoms with van der Waals surface area (Å²) in [5.74, 6) is 0.0609. The van der Waals surface area contributed by atoms with E-state index in [2.05, 4.69) is 20.3 Å². The Bertz CT molecular complexity index is 1140. The molecular formula is C19H13N5O2. The monoisotopic (exact) mass is 343 g/mol. The number of amides is 1. The summed E-state index contributed by atoms with van der Waals surface area (Å²) in [6, 6.07) is 12.0. The Morgan fingerprint density at radius 2 is 1.73 bits per heavy atom. The van der Waals surface area contributed by atoms with Gasteiger partial charge in [0, 0.05) is 36.7 Å². The standard InChI is InChI=1S/C19H13N5O2/c25-17-14-4-3-9-22-18(14)24(16-5-1-2-8-21-16)12-15(17)19(26)23-13-6-10-20-11-7-13/h1-12H,(H,20,23,26). The summed E-state index contributed by atoms with van der Waals surface area (Å²) < 4.78 is 1.64. The van der Waals surface area contributed by atoms with Gasteiger partial charge in [0.15, 0.2) is 0 Å². The summed E-state index contributed by atoms with van der Waals surface area (Å²) in [7, 11) is 0. The van der Waals surface area contributed by atoms with Crippen LogP contribution in [0.2, 0.25) is 0 Å². The molecule has 0 unspecified atom stereocenters. The first kappa shape index (κ1) is 15.6. The van der Waals surface area contributed by atoms with E-state index < -0.39 is 5.91 Å². The van der Waals surface area contributed by atoms with Gasteiger partial charge in [0.05, 0.1) is 5.39 Å². The second kappa shape index (κ2) is 6.56. The third-order valence-electron chi connectivity index (χ3n) is 3.84. The summed E-state index contributed by atoms with van der Waals surface area (Å²) in [6.45, 7) is 0. The fourth-order valence-corrected chi connectivity index (χ4v) is 2.63. The molecule has 4 aromatic heterocycles. The SMILES string of the molecule is O=C(Nc1ccncc1)c1cn(-c2ccccn2)c2ncccc2c1=O. The van der Waals surface area contributed by atoms with Crippen molar-refractivity contribution in [2.45, 2.75) is 0 Å². The Kier molecular flexibility index (Phi) is 3.95. The molecule has 26 heavy (non-hydrogen) atoms. The molecule has 0 saturated heterocycles. The Balaban J connectivity index is 1.89. The molecule has 0 radical (unpaired) electrons. The molecule has 0 aliphatic heterocycles. The van der Waals surface area contributed by atoms with Gasteiger partial charge in [0.2, 0.25) is 5.43 Å². The summed E-state index contributed by atoms with van der Waals surface area (Å²) in [4.78, 5) is 38.0. The van der Waals surface area contributed by atoms with Crippen molar-refractivity contribution in [2.24, 2.45) is 0 Å². The van der Waals surface area contributed by atoms with E-state index in [9.17, 15) is 9.59 Å². The molecule has 0 atom stereocenters. The van der Waals surface area contributed by atoms with E-state index >= 15 is 0 Å². The number of nitrogens with one attached hydrogen (secondary N) is 1. The highest BCUT2D eigenvalue weighted by Crippen LogP contribution is 2.15. The Labute approximate surface area is 148 Å². The molecule has 0 bridgehead atoms. The number of rotatable bonds is 3. The third kappa shape index (κ3) is 2.82. The van der Waals surface area contributed by atoms with Crippen molar-refractivity contribution >= 4 is 22.6 Å². The normalized spacial score (nSPS) is 10.6. The van der Waals surface area contributed by atoms with Gasteiger partial charge in [0.25, 0.3) is 5.91 Å². The van der Waals surface area contributed by atoms with Crippen LogP contribution in [0.1, 0.15) is 10.4 Å². The highest BCUT2D eigenvalue weighted by molar-refractivity contribution is 6.05. The van der Waals surface area contributed by atoms with Crippen molar-refractivity contribution in [2.75, 3.05) is 5.32 Å². The summed E-state index contributed by atoms with van der Waals surface area (Å²) in [5.41, 5.74) is 0.622. The van der Waals surface area contributed by atoms with Gasteiger partial charge in [-0.2, -0.15) is 0 Å². The van der Waals surface area contributed by atoms with Crippen LogP contribution in [0.15, 0.2) is 78.2 Å². The molecule has 1 N–H and O–H groups in total. The first-order valence-electron chi connectivity index (χ1n) is 7.87. The maximum absolute atomic E-state index is 12.8. The Morgan fingerprint density at radius 3 is 2.50 bits per heavy atom. The predicted octanol–water partition coefficient (Wildman–Crippen LogP) is 2.43. The lowest BCUT2D eigenvalue weighted by molar-refractivity contribution is 0.102. The number of hydrogen-bond donors (Lipinski definition) is 1. The van der Waals surface area contributed by atoms with Crippen LogP contribution < -0.4 is 10.7 Å². The second-order valence-electron chi connectivity index (χ2n) is 5.49. The first-order valence-corrected chi connectivity index (χ1v) is 7.87. The summed E-state index contributed by atoms with van der Waals surface area (Å²) >= 11 is 0. The molecule has 4 rings (SSSR count). The number of anilines is 1. The van der Waals surface area contributed by atoms with Crippen LogP contribution >= 0.6 is 0 Å². The molecule has 0 fully saturated rings. The minimum atomic E-state index is -0.503.